The largest absolute Gasteiger partial charge is 0.369 e. The Balaban J connectivity index is 1.16. The minimum absolute atomic E-state index is 0.0533. The van der Waals surface area contributed by atoms with Gasteiger partial charge in [-0.05, 0) is 68.1 Å². The van der Waals surface area contributed by atoms with Gasteiger partial charge in [-0.25, -0.2) is 0 Å². The minimum atomic E-state index is -0.0924. The first-order valence-electron chi connectivity index (χ1n) is 11.7. The summed E-state index contributed by atoms with van der Waals surface area (Å²) in [6.07, 6.45) is 1.87. The monoisotopic (exact) mass is 434 g/mol. The summed E-state index contributed by atoms with van der Waals surface area (Å²) in [5.74, 6) is 0.542. The zero-order chi connectivity index (χ0) is 22.5. The van der Waals surface area contributed by atoms with Gasteiger partial charge in [0, 0.05) is 55.6 Å². The van der Waals surface area contributed by atoms with E-state index in [4.69, 9.17) is 0 Å². The maximum absolute atomic E-state index is 12.5. The zero-order valence-electron chi connectivity index (χ0n) is 19.1. The molecular weight excluding hydrogens is 400 g/mol. The number of hydrogen-bond donors (Lipinski definition) is 2. The molecule has 2 N–H and O–H groups in total. The van der Waals surface area contributed by atoms with E-state index in [2.05, 4.69) is 58.5 Å². The lowest BCUT2D eigenvalue weighted by Crippen LogP contribution is -2.47. The molecule has 1 saturated carbocycles. The summed E-state index contributed by atoms with van der Waals surface area (Å²) in [4.78, 5) is 29.6. The summed E-state index contributed by atoms with van der Waals surface area (Å²) in [7, 11) is 0. The van der Waals surface area contributed by atoms with E-state index in [0.29, 0.717) is 23.7 Å². The highest BCUT2D eigenvalue weighted by Crippen LogP contribution is 2.38. The summed E-state index contributed by atoms with van der Waals surface area (Å²) in [6.45, 7) is 10.0. The third kappa shape index (κ3) is 5.88. The first-order valence-corrected chi connectivity index (χ1v) is 11.7. The van der Waals surface area contributed by atoms with Gasteiger partial charge in [0.1, 0.15) is 0 Å². The van der Waals surface area contributed by atoms with Crippen molar-refractivity contribution in [3.05, 3.63) is 59.7 Å². The lowest BCUT2D eigenvalue weighted by Gasteiger charge is -2.36. The van der Waals surface area contributed by atoms with E-state index in [0.717, 1.165) is 45.6 Å². The lowest BCUT2D eigenvalue weighted by atomic mass is 10.1. The Morgan fingerprint density at radius 2 is 1.78 bits per heavy atom. The molecule has 6 heteroatoms. The smallest absolute Gasteiger partial charge is 0.251 e. The van der Waals surface area contributed by atoms with Crippen LogP contribution in [0.4, 0.5) is 11.4 Å². The molecule has 0 bridgehead atoms. The number of carbonyl (C=O) groups is 2. The second-order valence-corrected chi connectivity index (χ2v) is 9.17. The Labute approximate surface area is 191 Å². The molecule has 0 radical (unpaired) electrons. The van der Waals surface area contributed by atoms with Crippen LogP contribution in [0.15, 0.2) is 48.5 Å². The number of aryl methyl sites for hydroxylation is 1. The second-order valence-electron chi connectivity index (χ2n) is 9.17. The van der Waals surface area contributed by atoms with Crippen LogP contribution in [0.3, 0.4) is 0 Å². The Hall–Kier alpha value is -2.86. The molecule has 1 aliphatic carbocycles. The van der Waals surface area contributed by atoms with Gasteiger partial charge in [-0.2, -0.15) is 0 Å². The molecule has 6 nitrogen and oxygen atoms in total. The Kier molecular flexibility index (Phi) is 7.10. The Morgan fingerprint density at radius 1 is 1.03 bits per heavy atom. The molecule has 4 rings (SSSR count). The van der Waals surface area contributed by atoms with Gasteiger partial charge in [-0.3, -0.25) is 14.5 Å². The van der Waals surface area contributed by atoms with E-state index in [-0.39, 0.29) is 17.7 Å². The molecule has 2 amide bonds. The number of amides is 2. The van der Waals surface area contributed by atoms with Crippen LogP contribution in [-0.4, -0.2) is 56.0 Å². The molecule has 0 spiro atoms. The summed E-state index contributed by atoms with van der Waals surface area (Å²) in [5.41, 5.74) is 3.87. The molecule has 0 aromatic heterocycles. The number of benzene rings is 2. The molecule has 32 heavy (non-hydrogen) atoms. The van der Waals surface area contributed by atoms with Gasteiger partial charge in [-0.1, -0.05) is 25.1 Å². The summed E-state index contributed by atoms with van der Waals surface area (Å²) < 4.78 is 0. The molecule has 170 valence electrons. The van der Waals surface area contributed by atoms with Gasteiger partial charge in [-0.15, -0.1) is 0 Å². The molecule has 2 aromatic rings. The van der Waals surface area contributed by atoms with Crippen molar-refractivity contribution in [2.24, 2.45) is 11.8 Å². The van der Waals surface area contributed by atoms with Gasteiger partial charge in [0.15, 0.2) is 0 Å². The highest BCUT2D eigenvalue weighted by atomic mass is 16.2. The van der Waals surface area contributed by atoms with Crippen molar-refractivity contribution in [2.45, 2.75) is 26.7 Å². The average molecular weight is 435 g/mol. The standard InChI is InChI=1S/C26H34N4O2/c1-19-6-3-9-23(16-19)30-14-12-29(13-15-30)11-5-10-27-25(31)21-7-4-8-22(18-21)28-26(32)24-17-20(24)2/h3-4,6-9,16,18,20,24H,5,10-15,17H2,1-2H3,(H,27,31)(H,28,32). The average Bonchev–Trinajstić information content (AvgIpc) is 3.54. The molecule has 1 aliphatic heterocycles. The van der Waals surface area contributed by atoms with Crippen LogP contribution < -0.4 is 15.5 Å². The summed E-state index contributed by atoms with van der Waals surface area (Å²) >= 11 is 0. The number of piperazine rings is 1. The molecule has 2 fully saturated rings. The maximum Gasteiger partial charge on any atom is 0.251 e. The van der Waals surface area contributed by atoms with Crippen LogP contribution >= 0.6 is 0 Å². The van der Waals surface area contributed by atoms with Crippen LogP contribution in [0.5, 0.6) is 0 Å². The third-order valence-corrected chi connectivity index (χ3v) is 6.51. The maximum atomic E-state index is 12.5. The number of rotatable bonds is 8. The molecular formula is C26H34N4O2. The third-order valence-electron chi connectivity index (χ3n) is 6.51. The van der Waals surface area contributed by atoms with Crippen LogP contribution in [-0.2, 0) is 4.79 Å². The van der Waals surface area contributed by atoms with Crippen molar-refractivity contribution >= 4 is 23.2 Å². The number of hydrogen-bond acceptors (Lipinski definition) is 4. The quantitative estimate of drug-likeness (QED) is 0.624. The number of anilines is 2. The zero-order valence-corrected chi connectivity index (χ0v) is 19.1. The van der Waals surface area contributed by atoms with E-state index in [1.54, 1.807) is 12.1 Å². The highest BCUT2D eigenvalue weighted by molar-refractivity contribution is 5.98. The van der Waals surface area contributed by atoms with E-state index in [9.17, 15) is 9.59 Å². The molecule has 2 atom stereocenters. The molecule has 2 aromatic carbocycles. The van der Waals surface area contributed by atoms with Gasteiger partial charge in [0.25, 0.3) is 5.91 Å². The fraction of sp³-hybridized carbons (Fsp3) is 0.462. The van der Waals surface area contributed by atoms with E-state index >= 15 is 0 Å². The minimum Gasteiger partial charge on any atom is -0.369 e. The van der Waals surface area contributed by atoms with Gasteiger partial charge < -0.3 is 15.5 Å². The van der Waals surface area contributed by atoms with Gasteiger partial charge in [0.05, 0.1) is 0 Å². The fourth-order valence-electron chi connectivity index (χ4n) is 4.32. The van der Waals surface area contributed by atoms with Crippen LogP contribution in [0.1, 0.15) is 35.7 Å². The fourth-order valence-corrected chi connectivity index (χ4v) is 4.32. The second kappa shape index (κ2) is 10.2. The highest BCUT2D eigenvalue weighted by Gasteiger charge is 2.39. The van der Waals surface area contributed by atoms with Crippen LogP contribution in [0.25, 0.3) is 0 Å². The van der Waals surface area contributed by atoms with Gasteiger partial charge >= 0.3 is 0 Å². The molecule has 1 saturated heterocycles. The van der Waals surface area contributed by atoms with Crippen molar-refractivity contribution in [2.75, 3.05) is 49.5 Å². The summed E-state index contributed by atoms with van der Waals surface area (Å²) in [6, 6.07) is 15.9. The molecule has 2 unspecified atom stereocenters. The molecule has 1 heterocycles. The molecule has 2 aliphatic rings. The van der Waals surface area contributed by atoms with Crippen molar-refractivity contribution in [3.63, 3.8) is 0 Å². The first kappa shape index (κ1) is 22.3. The van der Waals surface area contributed by atoms with Gasteiger partial charge in [0.2, 0.25) is 5.91 Å². The topological polar surface area (TPSA) is 64.7 Å². The SMILES string of the molecule is Cc1cccc(N2CCN(CCCNC(=O)c3cccc(NC(=O)C4CC4C)c3)CC2)c1. The number of nitrogens with zero attached hydrogens (tertiary/aromatic N) is 2. The van der Waals surface area contributed by atoms with Crippen molar-refractivity contribution < 1.29 is 9.59 Å². The predicted molar refractivity (Wildman–Crippen MR) is 129 cm³/mol. The summed E-state index contributed by atoms with van der Waals surface area (Å²) in [5, 5.41) is 5.94. The van der Waals surface area contributed by atoms with Crippen molar-refractivity contribution in [3.8, 4) is 0 Å². The lowest BCUT2D eigenvalue weighted by molar-refractivity contribution is -0.117. The van der Waals surface area contributed by atoms with E-state index in [1.165, 1.54) is 11.3 Å². The normalized spacial score (nSPS) is 20.6. The first-order chi connectivity index (χ1) is 15.5. The van der Waals surface area contributed by atoms with E-state index in [1.807, 2.05) is 12.1 Å². The van der Waals surface area contributed by atoms with Crippen LogP contribution in [0, 0.1) is 18.8 Å². The Morgan fingerprint density at radius 3 is 2.50 bits per heavy atom. The van der Waals surface area contributed by atoms with E-state index < -0.39 is 0 Å². The Bertz CT molecular complexity index is 952. The van der Waals surface area contributed by atoms with Crippen molar-refractivity contribution in [1.29, 1.82) is 0 Å². The van der Waals surface area contributed by atoms with Crippen molar-refractivity contribution in [1.82, 2.24) is 10.2 Å². The number of nitrogens with one attached hydrogen (secondary N) is 2. The van der Waals surface area contributed by atoms with Crippen LogP contribution in [0.2, 0.25) is 0 Å². The number of carbonyl (C=O) groups excluding carboxylic acids is 2. The predicted octanol–water partition coefficient (Wildman–Crippen LogP) is 3.53.